The van der Waals surface area contributed by atoms with Crippen LogP contribution < -0.4 is 11.1 Å². The number of benzene rings is 1. The number of aromatic nitrogens is 3. The number of nitrogen functional groups attached to an aromatic ring is 1. The molecule has 16 heavy (non-hydrogen) atoms. The van der Waals surface area contributed by atoms with Crippen LogP contribution in [-0.2, 0) is 13.6 Å². The summed E-state index contributed by atoms with van der Waals surface area (Å²) in [6, 6.07) is 4.64. The van der Waals surface area contributed by atoms with Crippen molar-refractivity contribution in [3.63, 3.8) is 0 Å². The van der Waals surface area contributed by atoms with Crippen LogP contribution in [0.5, 0.6) is 0 Å². The van der Waals surface area contributed by atoms with Crippen molar-refractivity contribution in [3.8, 4) is 0 Å². The number of anilines is 2. The van der Waals surface area contributed by atoms with E-state index < -0.39 is 5.82 Å². The molecular formula is C10H12FN5. The molecule has 0 amide bonds. The van der Waals surface area contributed by atoms with Gasteiger partial charge in [-0.1, -0.05) is 6.07 Å². The van der Waals surface area contributed by atoms with Crippen LogP contribution in [0.25, 0.3) is 0 Å². The molecule has 0 aliphatic heterocycles. The zero-order valence-electron chi connectivity index (χ0n) is 8.81. The van der Waals surface area contributed by atoms with Gasteiger partial charge in [-0.15, -0.1) is 10.2 Å². The van der Waals surface area contributed by atoms with E-state index in [2.05, 4.69) is 15.5 Å². The molecule has 1 heterocycles. The Morgan fingerprint density at radius 3 is 3.00 bits per heavy atom. The van der Waals surface area contributed by atoms with Crippen molar-refractivity contribution in [2.75, 3.05) is 11.1 Å². The van der Waals surface area contributed by atoms with Gasteiger partial charge in [0.15, 0.2) is 5.82 Å². The zero-order valence-corrected chi connectivity index (χ0v) is 8.81. The van der Waals surface area contributed by atoms with Gasteiger partial charge >= 0.3 is 0 Å². The molecule has 0 atom stereocenters. The van der Waals surface area contributed by atoms with Gasteiger partial charge in [0.05, 0.1) is 17.9 Å². The highest BCUT2D eigenvalue weighted by molar-refractivity contribution is 5.66. The average Bonchev–Trinajstić information content (AvgIpc) is 2.67. The van der Waals surface area contributed by atoms with Gasteiger partial charge in [0.1, 0.15) is 12.1 Å². The van der Waals surface area contributed by atoms with Gasteiger partial charge in [0.2, 0.25) is 0 Å². The molecule has 0 fully saturated rings. The number of nitrogens with one attached hydrogen (secondary N) is 1. The van der Waals surface area contributed by atoms with Gasteiger partial charge in [-0.25, -0.2) is 4.39 Å². The highest BCUT2D eigenvalue weighted by Gasteiger charge is 2.05. The lowest BCUT2D eigenvalue weighted by Crippen LogP contribution is -2.07. The molecule has 1 aromatic carbocycles. The lowest BCUT2D eigenvalue weighted by atomic mass is 10.2. The summed E-state index contributed by atoms with van der Waals surface area (Å²) in [4.78, 5) is 0. The molecule has 0 bridgehead atoms. The predicted molar refractivity (Wildman–Crippen MR) is 59.1 cm³/mol. The Balaban J connectivity index is 2.11. The summed E-state index contributed by atoms with van der Waals surface area (Å²) in [5.74, 6) is 0.326. The Kier molecular flexibility index (Phi) is 2.72. The SMILES string of the molecule is Cn1cnnc1CNc1cccc(F)c1N. The van der Waals surface area contributed by atoms with E-state index in [1.54, 1.807) is 23.0 Å². The molecular weight excluding hydrogens is 209 g/mol. The van der Waals surface area contributed by atoms with Crippen LogP contribution in [0, 0.1) is 5.82 Å². The average molecular weight is 221 g/mol. The van der Waals surface area contributed by atoms with Crippen molar-refractivity contribution in [1.29, 1.82) is 0 Å². The normalized spacial score (nSPS) is 10.4. The molecule has 3 N–H and O–H groups in total. The van der Waals surface area contributed by atoms with Crippen molar-refractivity contribution in [2.45, 2.75) is 6.54 Å². The quantitative estimate of drug-likeness (QED) is 0.763. The third-order valence-electron chi connectivity index (χ3n) is 2.30. The first-order valence-electron chi connectivity index (χ1n) is 4.79. The van der Waals surface area contributed by atoms with Gasteiger partial charge in [0.25, 0.3) is 0 Å². The second-order valence-corrected chi connectivity index (χ2v) is 3.41. The number of hydrogen-bond acceptors (Lipinski definition) is 4. The Labute approximate surface area is 92.1 Å². The smallest absolute Gasteiger partial charge is 0.151 e. The Hall–Kier alpha value is -2.11. The number of rotatable bonds is 3. The van der Waals surface area contributed by atoms with Gasteiger partial charge in [-0.05, 0) is 12.1 Å². The first kappa shape index (κ1) is 10.4. The van der Waals surface area contributed by atoms with Gasteiger partial charge in [0, 0.05) is 7.05 Å². The van der Waals surface area contributed by atoms with Crippen LogP contribution in [0.3, 0.4) is 0 Å². The van der Waals surface area contributed by atoms with Crippen molar-refractivity contribution in [2.24, 2.45) is 7.05 Å². The zero-order chi connectivity index (χ0) is 11.5. The van der Waals surface area contributed by atoms with Crippen molar-refractivity contribution < 1.29 is 4.39 Å². The van der Waals surface area contributed by atoms with Crippen LogP contribution >= 0.6 is 0 Å². The molecule has 1 aromatic heterocycles. The lowest BCUT2D eigenvalue weighted by Gasteiger charge is -2.08. The maximum Gasteiger partial charge on any atom is 0.151 e. The van der Waals surface area contributed by atoms with Gasteiger partial charge in [-0.3, -0.25) is 0 Å². The second-order valence-electron chi connectivity index (χ2n) is 3.41. The molecule has 5 nitrogen and oxygen atoms in total. The van der Waals surface area contributed by atoms with Crippen molar-refractivity contribution in [1.82, 2.24) is 14.8 Å². The number of aryl methyl sites for hydroxylation is 1. The van der Waals surface area contributed by atoms with E-state index in [9.17, 15) is 4.39 Å². The van der Waals surface area contributed by atoms with Crippen LogP contribution in [0.4, 0.5) is 15.8 Å². The van der Waals surface area contributed by atoms with E-state index in [1.165, 1.54) is 6.07 Å². The first-order valence-corrected chi connectivity index (χ1v) is 4.79. The summed E-state index contributed by atoms with van der Waals surface area (Å²) in [5, 5.41) is 10.6. The van der Waals surface area contributed by atoms with Gasteiger partial charge < -0.3 is 15.6 Å². The molecule has 84 valence electrons. The summed E-state index contributed by atoms with van der Waals surface area (Å²) in [7, 11) is 1.84. The highest BCUT2D eigenvalue weighted by Crippen LogP contribution is 2.21. The minimum Gasteiger partial charge on any atom is -0.395 e. The van der Waals surface area contributed by atoms with Crippen LogP contribution in [0.15, 0.2) is 24.5 Å². The fourth-order valence-corrected chi connectivity index (χ4v) is 1.33. The molecule has 0 radical (unpaired) electrons. The molecule has 0 saturated heterocycles. The van der Waals surface area contributed by atoms with Crippen molar-refractivity contribution in [3.05, 3.63) is 36.2 Å². The molecule has 0 saturated carbocycles. The largest absolute Gasteiger partial charge is 0.395 e. The number of hydrogen-bond donors (Lipinski definition) is 2. The highest BCUT2D eigenvalue weighted by atomic mass is 19.1. The summed E-state index contributed by atoms with van der Waals surface area (Å²) in [6.07, 6.45) is 1.60. The number of para-hydroxylation sites is 1. The minimum absolute atomic E-state index is 0.115. The molecule has 0 aliphatic carbocycles. The van der Waals surface area contributed by atoms with E-state index in [-0.39, 0.29) is 5.69 Å². The summed E-state index contributed by atoms with van der Waals surface area (Å²) in [5.41, 5.74) is 6.25. The monoisotopic (exact) mass is 221 g/mol. The number of nitrogens with two attached hydrogens (primary N) is 1. The number of halogens is 1. The molecule has 6 heteroatoms. The molecule has 0 unspecified atom stereocenters. The Morgan fingerprint density at radius 1 is 1.50 bits per heavy atom. The topological polar surface area (TPSA) is 68.8 Å². The van der Waals surface area contributed by atoms with Crippen LogP contribution in [-0.4, -0.2) is 14.8 Å². The lowest BCUT2D eigenvalue weighted by molar-refractivity contribution is 0.633. The Morgan fingerprint density at radius 2 is 2.31 bits per heavy atom. The third kappa shape index (κ3) is 1.95. The minimum atomic E-state index is -0.428. The third-order valence-corrected chi connectivity index (χ3v) is 2.30. The maximum absolute atomic E-state index is 13.1. The fraction of sp³-hybridized carbons (Fsp3) is 0.200. The van der Waals surface area contributed by atoms with E-state index in [4.69, 9.17) is 5.73 Å². The molecule has 0 spiro atoms. The summed E-state index contributed by atoms with van der Waals surface area (Å²) < 4.78 is 14.9. The van der Waals surface area contributed by atoms with Crippen LogP contribution in [0.1, 0.15) is 5.82 Å². The van der Waals surface area contributed by atoms with E-state index in [0.29, 0.717) is 12.2 Å². The fourth-order valence-electron chi connectivity index (χ4n) is 1.33. The van der Waals surface area contributed by atoms with Crippen molar-refractivity contribution >= 4 is 11.4 Å². The van der Waals surface area contributed by atoms with E-state index >= 15 is 0 Å². The maximum atomic E-state index is 13.1. The van der Waals surface area contributed by atoms with Crippen LogP contribution in [0.2, 0.25) is 0 Å². The standard InChI is InChI=1S/C10H12FN5/c1-16-6-14-15-9(16)5-13-8-4-2-3-7(11)10(8)12/h2-4,6,13H,5,12H2,1H3. The first-order chi connectivity index (χ1) is 7.68. The Bertz CT molecular complexity index is 494. The molecule has 2 aromatic rings. The van der Waals surface area contributed by atoms with E-state index in [1.807, 2.05) is 7.05 Å². The molecule has 2 rings (SSSR count). The second kappa shape index (κ2) is 4.18. The summed E-state index contributed by atoms with van der Waals surface area (Å²) >= 11 is 0. The predicted octanol–water partition coefficient (Wildman–Crippen LogP) is 1.15. The number of nitrogens with zero attached hydrogens (tertiary/aromatic N) is 3. The molecule has 0 aliphatic rings. The van der Waals surface area contributed by atoms with Gasteiger partial charge in [-0.2, -0.15) is 0 Å². The van der Waals surface area contributed by atoms with E-state index in [0.717, 1.165) is 5.82 Å². The summed E-state index contributed by atoms with van der Waals surface area (Å²) in [6.45, 7) is 0.449.